The van der Waals surface area contributed by atoms with Gasteiger partial charge in [-0.15, -0.1) is 0 Å². The predicted octanol–water partition coefficient (Wildman–Crippen LogP) is 3.53. The van der Waals surface area contributed by atoms with Gasteiger partial charge < -0.3 is 14.5 Å². The molecule has 5 heterocycles. The zero-order valence-corrected chi connectivity index (χ0v) is 22.4. The lowest BCUT2D eigenvalue weighted by Gasteiger charge is -2.26. The number of aromatic nitrogens is 2. The summed E-state index contributed by atoms with van der Waals surface area (Å²) >= 11 is 0. The third-order valence-corrected chi connectivity index (χ3v) is 8.82. The number of ether oxygens (including phenoxy) is 1. The second-order valence-corrected chi connectivity index (χ2v) is 11.4. The van der Waals surface area contributed by atoms with Crippen LogP contribution in [0.5, 0.6) is 0 Å². The molecule has 0 bridgehead atoms. The number of carbonyl (C=O) groups excluding carboxylic acids is 2. The van der Waals surface area contributed by atoms with E-state index in [-0.39, 0.29) is 17.9 Å². The van der Waals surface area contributed by atoms with E-state index in [4.69, 9.17) is 9.73 Å². The maximum atomic E-state index is 13.8. The van der Waals surface area contributed by atoms with Crippen molar-refractivity contribution in [2.75, 3.05) is 45.9 Å². The topological polar surface area (TPSA) is 83.3 Å². The Bertz CT molecular complexity index is 1450. The molecular formula is C30H34N6O3. The van der Waals surface area contributed by atoms with Crippen molar-refractivity contribution < 1.29 is 14.3 Å². The zero-order chi connectivity index (χ0) is 26.6. The lowest BCUT2D eigenvalue weighted by Crippen LogP contribution is -2.46. The summed E-state index contributed by atoms with van der Waals surface area (Å²) in [5.41, 5.74) is 3.44. The van der Waals surface area contributed by atoms with Gasteiger partial charge in [0.15, 0.2) is 5.54 Å². The number of hydrogen-bond acceptors (Lipinski definition) is 5. The van der Waals surface area contributed by atoms with E-state index in [0.717, 1.165) is 72.3 Å². The highest BCUT2D eigenvalue weighted by atomic mass is 16.5. The van der Waals surface area contributed by atoms with Crippen molar-refractivity contribution in [3.8, 4) is 11.1 Å². The first-order valence-electron chi connectivity index (χ1n) is 14.1. The molecule has 3 saturated heterocycles. The summed E-state index contributed by atoms with van der Waals surface area (Å²) in [6.45, 7) is 4.60. The second kappa shape index (κ2) is 9.48. The van der Waals surface area contributed by atoms with Crippen LogP contribution in [-0.2, 0) is 16.6 Å². The third kappa shape index (κ3) is 4.19. The van der Waals surface area contributed by atoms with E-state index >= 15 is 0 Å². The van der Waals surface area contributed by atoms with Crippen molar-refractivity contribution >= 4 is 28.7 Å². The summed E-state index contributed by atoms with van der Waals surface area (Å²) in [4.78, 5) is 37.5. The first-order valence-corrected chi connectivity index (χ1v) is 14.1. The maximum absolute atomic E-state index is 13.8. The smallest absolute Gasteiger partial charge is 0.320 e. The highest BCUT2D eigenvalue weighted by Gasteiger charge is 2.51. The first-order chi connectivity index (χ1) is 19.0. The highest BCUT2D eigenvalue weighted by molar-refractivity contribution is 6.15. The van der Waals surface area contributed by atoms with Crippen LogP contribution in [0.2, 0.25) is 0 Å². The van der Waals surface area contributed by atoms with Crippen LogP contribution >= 0.6 is 0 Å². The molecule has 0 radical (unpaired) electrons. The fourth-order valence-electron chi connectivity index (χ4n) is 6.54. The summed E-state index contributed by atoms with van der Waals surface area (Å²) in [5.74, 6) is 0.989. The van der Waals surface area contributed by atoms with Gasteiger partial charge in [0.1, 0.15) is 5.84 Å². The normalized spacial score (nSPS) is 25.1. The van der Waals surface area contributed by atoms with Gasteiger partial charge in [-0.3, -0.25) is 14.4 Å². The minimum Gasteiger partial charge on any atom is -0.378 e. The van der Waals surface area contributed by atoms with Crippen LogP contribution in [0.1, 0.15) is 31.2 Å². The lowest BCUT2D eigenvalue weighted by atomic mass is 9.98. The van der Waals surface area contributed by atoms with E-state index < -0.39 is 5.54 Å². The number of rotatable bonds is 4. The number of benzene rings is 2. The summed E-state index contributed by atoms with van der Waals surface area (Å²) in [5, 5.41) is 5.46. The Morgan fingerprint density at radius 3 is 2.56 bits per heavy atom. The Labute approximate surface area is 228 Å². The molecule has 202 valence electrons. The van der Waals surface area contributed by atoms with E-state index in [0.29, 0.717) is 32.7 Å². The van der Waals surface area contributed by atoms with Crippen LogP contribution in [-0.4, -0.2) is 93.7 Å². The quantitative estimate of drug-likeness (QED) is 0.521. The number of amides is 3. The number of amidine groups is 1. The molecule has 4 aliphatic rings. The maximum Gasteiger partial charge on any atom is 0.320 e. The van der Waals surface area contributed by atoms with Crippen LogP contribution in [0, 0.1) is 5.92 Å². The molecule has 0 saturated carbocycles. The molecule has 4 aliphatic heterocycles. The van der Waals surface area contributed by atoms with Crippen molar-refractivity contribution in [1.82, 2.24) is 24.5 Å². The van der Waals surface area contributed by atoms with Crippen LogP contribution in [0.3, 0.4) is 0 Å². The molecule has 9 heteroatoms. The van der Waals surface area contributed by atoms with Gasteiger partial charge in [0.2, 0.25) is 0 Å². The van der Waals surface area contributed by atoms with Gasteiger partial charge in [-0.25, -0.2) is 9.79 Å². The number of aliphatic imine (C=N–C) groups is 1. The Balaban J connectivity index is 1.12. The van der Waals surface area contributed by atoms with E-state index in [2.05, 4.69) is 47.6 Å². The predicted molar refractivity (Wildman–Crippen MR) is 148 cm³/mol. The number of fused-ring (bicyclic) bond motifs is 1. The highest BCUT2D eigenvalue weighted by Crippen LogP contribution is 2.35. The van der Waals surface area contributed by atoms with Crippen LogP contribution in [0.25, 0.3) is 22.0 Å². The van der Waals surface area contributed by atoms with E-state index in [1.165, 1.54) is 0 Å². The molecule has 1 spiro atoms. The molecule has 7 rings (SSSR count). The summed E-state index contributed by atoms with van der Waals surface area (Å²) in [6.07, 6.45) is 5.57. The minimum atomic E-state index is -0.816. The van der Waals surface area contributed by atoms with Crippen LogP contribution < -0.4 is 0 Å². The second-order valence-electron chi connectivity index (χ2n) is 11.4. The zero-order valence-electron chi connectivity index (χ0n) is 22.4. The van der Waals surface area contributed by atoms with Crippen molar-refractivity contribution in [3.63, 3.8) is 0 Å². The number of urea groups is 1. The Hall–Kier alpha value is -3.72. The fraction of sp³-hybridized carbons (Fsp3) is 0.467. The van der Waals surface area contributed by atoms with Gasteiger partial charge in [-0.2, -0.15) is 5.10 Å². The number of carbonyl (C=O) groups is 2. The monoisotopic (exact) mass is 526 g/mol. The molecule has 3 aromatic rings. The standard InChI is InChI=1S/C30H34N6O3/c1-33-26-9-8-24(16-25(26)17-31-33)22-4-6-23(7-5-22)27-32-30(11-15-39-20-30)28(37)36(27)19-21-10-14-35(18-21)29(38)34-12-2-3-13-34/h4-9,16-17,21H,2-3,10-15,18-20H2,1H3/t21-,30?/m1/s1. The van der Waals surface area contributed by atoms with Crippen molar-refractivity contribution in [1.29, 1.82) is 0 Å². The Morgan fingerprint density at radius 2 is 1.79 bits per heavy atom. The number of hydrogen-bond donors (Lipinski definition) is 0. The number of aryl methyl sites for hydroxylation is 1. The Kier molecular flexibility index (Phi) is 5.91. The largest absolute Gasteiger partial charge is 0.378 e. The van der Waals surface area contributed by atoms with Crippen molar-refractivity contribution in [2.24, 2.45) is 18.0 Å². The SMILES string of the molecule is Cn1ncc2cc(-c3ccc(C4=NC5(CCOC5)C(=O)N4C[C@@H]4CCN(C(=O)N5CCCC5)C4)cc3)ccc21. The summed E-state index contributed by atoms with van der Waals surface area (Å²) < 4.78 is 7.53. The van der Waals surface area contributed by atoms with Crippen molar-refractivity contribution in [2.45, 2.75) is 31.2 Å². The van der Waals surface area contributed by atoms with Gasteiger partial charge in [0.05, 0.1) is 18.3 Å². The van der Waals surface area contributed by atoms with Crippen molar-refractivity contribution in [3.05, 3.63) is 54.2 Å². The molecule has 2 aromatic carbocycles. The summed E-state index contributed by atoms with van der Waals surface area (Å²) in [6, 6.07) is 14.8. The fourth-order valence-corrected chi connectivity index (χ4v) is 6.54. The van der Waals surface area contributed by atoms with Crippen LogP contribution in [0.4, 0.5) is 4.79 Å². The molecule has 3 amide bonds. The average Bonchev–Trinajstić information content (AvgIpc) is 3.80. The van der Waals surface area contributed by atoms with E-state index in [1.807, 2.05) is 32.6 Å². The van der Waals surface area contributed by atoms with Crippen LogP contribution in [0.15, 0.2) is 53.7 Å². The van der Waals surface area contributed by atoms with Gasteiger partial charge >= 0.3 is 6.03 Å². The molecule has 9 nitrogen and oxygen atoms in total. The molecule has 1 aromatic heterocycles. The molecule has 0 N–H and O–H groups in total. The van der Waals surface area contributed by atoms with Gasteiger partial charge in [0, 0.05) is 63.7 Å². The van der Waals surface area contributed by atoms with Gasteiger partial charge in [-0.1, -0.05) is 30.3 Å². The Morgan fingerprint density at radius 1 is 1.03 bits per heavy atom. The summed E-state index contributed by atoms with van der Waals surface area (Å²) in [7, 11) is 1.95. The lowest BCUT2D eigenvalue weighted by molar-refractivity contribution is -0.131. The molecule has 39 heavy (non-hydrogen) atoms. The molecule has 1 unspecified atom stereocenters. The van der Waals surface area contributed by atoms with Gasteiger partial charge in [-0.05, 0) is 48.4 Å². The minimum absolute atomic E-state index is 0.0328. The molecule has 2 atom stereocenters. The molecule has 3 fully saturated rings. The number of likely N-dealkylation sites (tertiary alicyclic amines) is 2. The molecule has 0 aliphatic carbocycles. The third-order valence-electron chi connectivity index (χ3n) is 8.82. The van der Waals surface area contributed by atoms with E-state index in [1.54, 1.807) is 0 Å². The number of nitrogens with zero attached hydrogens (tertiary/aromatic N) is 6. The first kappa shape index (κ1) is 24.3. The van der Waals surface area contributed by atoms with E-state index in [9.17, 15) is 9.59 Å². The van der Waals surface area contributed by atoms with Gasteiger partial charge in [0.25, 0.3) is 5.91 Å². The molecular weight excluding hydrogens is 492 g/mol. The average molecular weight is 527 g/mol.